The van der Waals surface area contributed by atoms with Crippen LogP contribution in [0.3, 0.4) is 0 Å². The molecule has 0 unspecified atom stereocenters. The van der Waals surface area contributed by atoms with Crippen molar-refractivity contribution in [2.75, 3.05) is 19.5 Å². The number of carbonyl (C=O) groups is 1. The molecule has 0 aliphatic rings. The Kier molecular flexibility index (Phi) is 6.46. The van der Waals surface area contributed by atoms with Crippen molar-refractivity contribution in [3.63, 3.8) is 0 Å². The van der Waals surface area contributed by atoms with Crippen LogP contribution in [-0.2, 0) is 4.79 Å². The van der Waals surface area contributed by atoms with E-state index in [0.717, 1.165) is 0 Å². The number of methoxy groups -OCH3 is 2. The number of nitrogens with one attached hydrogen (secondary N) is 1. The lowest BCUT2D eigenvalue weighted by atomic mass is 10.1. The lowest BCUT2D eigenvalue weighted by molar-refractivity contribution is -0.112. The van der Waals surface area contributed by atoms with Crippen molar-refractivity contribution in [1.82, 2.24) is 4.98 Å². The van der Waals surface area contributed by atoms with Crippen LogP contribution in [0.15, 0.2) is 29.3 Å². The zero-order valence-corrected chi connectivity index (χ0v) is 14.5. The second kappa shape index (κ2) is 8.77. The molecule has 1 amide bonds. The number of thiazole rings is 1. The molecule has 26 heavy (non-hydrogen) atoms. The molecule has 0 saturated heterocycles. The summed E-state index contributed by atoms with van der Waals surface area (Å²) in [6, 6.07) is 4.46. The standard InChI is InChI=1S/C16H13F2N3O4S/c1-23-11-6-9(7-12(24-2)13(11)25-15(17)18)5-10(8-19)14(22)21-16-20-3-4-26-16/h3-7,15H,1-2H3,(H,20,21,22)/b10-5+. The number of benzene rings is 1. The maximum Gasteiger partial charge on any atom is 0.387 e. The van der Waals surface area contributed by atoms with Crippen molar-refractivity contribution in [2.45, 2.75) is 6.61 Å². The third kappa shape index (κ3) is 4.67. The highest BCUT2D eigenvalue weighted by Crippen LogP contribution is 2.40. The molecule has 0 aliphatic heterocycles. The topological polar surface area (TPSA) is 93.5 Å². The monoisotopic (exact) mass is 381 g/mol. The quantitative estimate of drug-likeness (QED) is 0.584. The Bertz CT molecular complexity index is 823. The van der Waals surface area contributed by atoms with Gasteiger partial charge in [-0.1, -0.05) is 0 Å². The Hall–Kier alpha value is -3.19. The van der Waals surface area contributed by atoms with Gasteiger partial charge in [0.1, 0.15) is 11.6 Å². The molecule has 7 nitrogen and oxygen atoms in total. The maximum atomic E-state index is 12.6. The van der Waals surface area contributed by atoms with Gasteiger partial charge in [0, 0.05) is 11.6 Å². The minimum Gasteiger partial charge on any atom is -0.493 e. The number of halogens is 2. The number of ether oxygens (including phenoxy) is 3. The minimum atomic E-state index is -3.07. The summed E-state index contributed by atoms with van der Waals surface area (Å²) < 4.78 is 39.6. The van der Waals surface area contributed by atoms with Gasteiger partial charge in [0.05, 0.1) is 14.2 Å². The van der Waals surface area contributed by atoms with Crippen molar-refractivity contribution in [3.8, 4) is 23.3 Å². The first-order valence-electron chi connectivity index (χ1n) is 7.02. The predicted molar refractivity (Wildman–Crippen MR) is 90.5 cm³/mol. The first-order chi connectivity index (χ1) is 12.5. The van der Waals surface area contributed by atoms with Crippen LogP contribution in [0.2, 0.25) is 0 Å². The van der Waals surface area contributed by atoms with E-state index < -0.39 is 12.5 Å². The van der Waals surface area contributed by atoms with Crippen LogP contribution in [0.5, 0.6) is 17.2 Å². The average molecular weight is 381 g/mol. The second-order valence-corrected chi connectivity index (χ2v) is 5.49. The highest BCUT2D eigenvalue weighted by Gasteiger charge is 2.18. The number of amides is 1. The third-order valence-corrected chi connectivity index (χ3v) is 3.71. The van der Waals surface area contributed by atoms with E-state index in [9.17, 15) is 18.8 Å². The van der Waals surface area contributed by atoms with Crippen molar-refractivity contribution in [1.29, 1.82) is 5.26 Å². The Morgan fingerprint density at radius 3 is 2.46 bits per heavy atom. The largest absolute Gasteiger partial charge is 0.493 e. The van der Waals surface area contributed by atoms with Crippen molar-refractivity contribution in [3.05, 3.63) is 34.8 Å². The molecule has 0 radical (unpaired) electrons. The second-order valence-electron chi connectivity index (χ2n) is 4.59. The molecule has 1 N–H and O–H groups in total. The average Bonchev–Trinajstić information content (AvgIpc) is 3.12. The molecule has 2 rings (SSSR count). The summed E-state index contributed by atoms with van der Waals surface area (Å²) in [6.07, 6.45) is 2.77. The van der Waals surface area contributed by atoms with Crippen LogP contribution in [0.25, 0.3) is 6.08 Å². The third-order valence-electron chi connectivity index (χ3n) is 3.02. The first kappa shape index (κ1) is 19.1. The van der Waals surface area contributed by atoms with Gasteiger partial charge in [0.2, 0.25) is 5.75 Å². The van der Waals surface area contributed by atoms with Gasteiger partial charge in [-0.05, 0) is 23.8 Å². The van der Waals surface area contributed by atoms with Gasteiger partial charge in [-0.2, -0.15) is 14.0 Å². The number of carbonyl (C=O) groups excluding carboxylic acids is 1. The summed E-state index contributed by atoms with van der Waals surface area (Å²) >= 11 is 1.20. The highest BCUT2D eigenvalue weighted by atomic mass is 32.1. The van der Waals surface area contributed by atoms with Crippen LogP contribution in [0, 0.1) is 11.3 Å². The van der Waals surface area contributed by atoms with E-state index in [4.69, 9.17) is 9.47 Å². The van der Waals surface area contributed by atoms with Gasteiger partial charge in [0.15, 0.2) is 16.6 Å². The minimum absolute atomic E-state index is 0.0338. The normalized spacial score (nSPS) is 11.0. The van der Waals surface area contributed by atoms with E-state index in [1.54, 1.807) is 11.4 Å². The van der Waals surface area contributed by atoms with Crippen LogP contribution < -0.4 is 19.5 Å². The van der Waals surface area contributed by atoms with Crippen LogP contribution >= 0.6 is 11.3 Å². The van der Waals surface area contributed by atoms with E-state index in [0.29, 0.717) is 10.7 Å². The molecular weight excluding hydrogens is 368 g/mol. The van der Waals surface area contributed by atoms with Gasteiger partial charge in [0.25, 0.3) is 5.91 Å². The molecule has 1 aromatic carbocycles. The van der Waals surface area contributed by atoms with Crippen molar-refractivity contribution < 1.29 is 27.8 Å². The maximum absolute atomic E-state index is 12.6. The SMILES string of the molecule is COc1cc(/C=C(\C#N)C(=O)Nc2nccs2)cc(OC)c1OC(F)F. The van der Waals surface area contributed by atoms with Crippen LogP contribution in [0.1, 0.15) is 5.56 Å². The Balaban J connectivity index is 2.38. The van der Waals surface area contributed by atoms with E-state index in [1.807, 2.05) is 0 Å². The summed E-state index contributed by atoms with van der Waals surface area (Å²) in [7, 11) is 2.53. The molecule has 0 spiro atoms. The van der Waals surface area contributed by atoms with E-state index in [1.165, 1.54) is 50.0 Å². The number of rotatable bonds is 7. The van der Waals surface area contributed by atoms with Crippen LogP contribution in [-0.4, -0.2) is 31.7 Å². The van der Waals surface area contributed by atoms with Gasteiger partial charge in [-0.15, -0.1) is 11.3 Å². The Morgan fingerprint density at radius 2 is 2.00 bits per heavy atom. The van der Waals surface area contributed by atoms with Crippen LogP contribution in [0.4, 0.5) is 13.9 Å². The molecule has 1 heterocycles. The molecule has 0 atom stereocenters. The highest BCUT2D eigenvalue weighted by molar-refractivity contribution is 7.13. The predicted octanol–water partition coefficient (Wildman–Crippen LogP) is 3.31. The van der Waals surface area contributed by atoms with Crippen molar-refractivity contribution >= 4 is 28.5 Å². The molecule has 136 valence electrons. The summed E-state index contributed by atoms with van der Waals surface area (Å²) in [5.74, 6) is -1.01. The lowest BCUT2D eigenvalue weighted by Crippen LogP contribution is -2.13. The number of anilines is 1. The Morgan fingerprint density at radius 1 is 1.35 bits per heavy atom. The molecule has 10 heteroatoms. The fourth-order valence-electron chi connectivity index (χ4n) is 1.95. The Labute approximate surface area is 151 Å². The van der Waals surface area contributed by atoms with Gasteiger partial charge in [-0.25, -0.2) is 4.98 Å². The number of nitrogens with zero attached hydrogens (tertiary/aromatic N) is 2. The van der Waals surface area contributed by atoms with Gasteiger partial charge < -0.3 is 14.2 Å². The number of aromatic nitrogens is 1. The molecule has 0 bridgehead atoms. The summed E-state index contributed by atoms with van der Waals surface area (Å²) in [6.45, 7) is -3.07. The zero-order chi connectivity index (χ0) is 19.1. The molecular formula is C16H13F2N3O4S. The van der Waals surface area contributed by atoms with E-state index >= 15 is 0 Å². The summed E-state index contributed by atoms with van der Waals surface area (Å²) in [5.41, 5.74) is 0.109. The number of hydrogen-bond donors (Lipinski definition) is 1. The zero-order valence-electron chi connectivity index (χ0n) is 13.7. The van der Waals surface area contributed by atoms with Gasteiger partial charge >= 0.3 is 6.61 Å². The number of alkyl halides is 2. The molecule has 2 aromatic rings. The van der Waals surface area contributed by atoms with Crippen molar-refractivity contribution in [2.24, 2.45) is 0 Å². The molecule has 0 saturated carbocycles. The molecule has 0 aliphatic carbocycles. The molecule has 0 fully saturated rings. The summed E-state index contributed by atoms with van der Waals surface area (Å²) in [4.78, 5) is 16.0. The number of nitriles is 1. The first-order valence-corrected chi connectivity index (χ1v) is 7.90. The van der Waals surface area contributed by atoms with Gasteiger partial charge in [-0.3, -0.25) is 10.1 Å². The molecule has 1 aromatic heterocycles. The fourth-order valence-corrected chi connectivity index (χ4v) is 2.48. The fraction of sp³-hybridized carbons (Fsp3) is 0.188. The smallest absolute Gasteiger partial charge is 0.387 e. The van der Waals surface area contributed by atoms with E-state index in [-0.39, 0.29) is 22.8 Å². The summed E-state index contributed by atoms with van der Waals surface area (Å²) in [5, 5.41) is 13.7. The number of hydrogen-bond acceptors (Lipinski definition) is 7. The lowest BCUT2D eigenvalue weighted by Gasteiger charge is -2.14. The van der Waals surface area contributed by atoms with E-state index in [2.05, 4.69) is 15.0 Å².